The Hall–Kier alpha value is -1.18. The Morgan fingerprint density at radius 2 is 1.85 bits per heavy atom. The summed E-state index contributed by atoms with van der Waals surface area (Å²) in [6, 6.07) is -0.805. The monoisotopic (exact) mass is 426 g/mol. The van der Waals surface area contributed by atoms with Crippen LogP contribution < -0.4 is 5.32 Å². The van der Waals surface area contributed by atoms with Crippen molar-refractivity contribution in [2.75, 3.05) is 57.9 Å². The number of amides is 1. The zero-order chi connectivity index (χ0) is 20.9. The first-order valence-electron chi connectivity index (χ1n) is 8.54. The van der Waals surface area contributed by atoms with E-state index in [-0.39, 0.29) is 19.6 Å². The highest BCUT2D eigenvalue weighted by Crippen LogP contribution is 2.34. The fourth-order valence-corrected chi connectivity index (χ4v) is 3.27. The van der Waals surface area contributed by atoms with Gasteiger partial charge in [0.2, 0.25) is 0 Å². The second-order valence-electron chi connectivity index (χ2n) is 6.98. The van der Waals surface area contributed by atoms with Crippen molar-refractivity contribution in [3.8, 4) is 0 Å². The summed E-state index contributed by atoms with van der Waals surface area (Å²) in [7, 11) is -0.00780. The Balaban J connectivity index is 4.20. The van der Waals surface area contributed by atoms with E-state index in [2.05, 4.69) is 35.6 Å². The average Bonchev–Trinajstić information content (AvgIpc) is 2.60. The third-order valence-corrected chi connectivity index (χ3v) is 5.28. The van der Waals surface area contributed by atoms with Crippen molar-refractivity contribution in [3.63, 3.8) is 0 Å². The van der Waals surface area contributed by atoms with Gasteiger partial charge in [0.05, 0.1) is 12.5 Å². The lowest BCUT2D eigenvalue weighted by atomic mass is 10.3. The molecule has 1 amide bonds. The summed E-state index contributed by atoms with van der Waals surface area (Å²) in [6.45, 7) is 4.30. The van der Waals surface area contributed by atoms with Crippen LogP contribution in [0.15, 0.2) is 12.7 Å². The molecular formula is C17H32FN2O5PS. The summed E-state index contributed by atoms with van der Waals surface area (Å²) >= 11 is 0. The second-order valence-corrected chi connectivity index (χ2v) is 12.2. The van der Waals surface area contributed by atoms with Crippen molar-refractivity contribution in [3.05, 3.63) is 12.7 Å². The number of halogens is 1. The van der Waals surface area contributed by atoms with Gasteiger partial charge in [-0.25, -0.2) is 19.0 Å². The van der Waals surface area contributed by atoms with Crippen molar-refractivity contribution >= 4 is 36.5 Å². The molecule has 7 nitrogen and oxygen atoms in total. The standard InChI is InChI=1S/C17H32FN2O5PS/c1-6-15(21)24-12-14(19-17(23)26-18)13-25-16(22)8-10-20(2)9-7-11-27(3,4)5/h6,14,26H,1,7-13H2,2-5H3,(H,19,23). The molecule has 0 fully saturated rings. The topological polar surface area (TPSA) is 84.9 Å². The van der Waals surface area contributed by atoms with E-state index in [0.717, 1.165) is 19.0 Å². The van der Waals surface area contributed by atoms with Gasteiger partial charge in [0.1, 0.15) is 13.2 Å². The second kappa shape index (κ2) is 13.9. The van der Waals surface area contributed by atoms with E-state index >= 15 is 0 Å². The van der Waals surface area contributed by atoms with Crippen LogP contribution in [-0.2, 0) is 19.1 Å². The van der Waals surface area contributed by atoms with Gasteiger partial charge in [-0.15, -0.1) is 0 Å². The van der Waals surface area contributed by atoms with Crippen LogP contribution in [0.1, 0.15) is 12.8 Å². The van der Waals surface area contributed by atoms with Crippen LogP contribution in [0.25, 0.3) is 0 Å². The summed E-state index contributed by atoms with van der Waals surface area (Å²) in [5, 5.41) is 2.31. The van der Waals surface area contributed by atoms with Crippen LogP contribution in [0.5, 0.6) is 0 Å². The molecule has 10 heteroatoms. The summed E-state index contributed by atoms with van der Waals surface area (Å²) < 4.78 is 22.3. The van der Waals surface area contributed by atoms with Gasteiger partial charge in [-0.3, -0.25) is 9.59 Å². The molecule has 0 bridgehead atoms. The lowest BCUT2D eigenvalue weighted by Crippen LogP contribution is -2.40. The molecule has 0 aliphatic rings. The van der Waals surface area contributed by atoms with E-state index < -0.39 is 42.5 Å². The first kappa shape index (κ1) is 25.8. The van der Waals surface area contributed by atoms with Crippen LogP contribution in [-0.4, -0.2) is 86.4 Å². The maximum absolute atomic E-state index is 12.4. The SMILES string of the molecule is C=CC(=O)OCC(COC(=O)CCN(C)CCCS(C)(C)C)NC(=O)PF. The van der Waals surface area contributed by atoms with Crippen LogP contribution in [0.2, 0.25) is 0 Å². The summed E-state index contributed by atoms with van der Waals surface area (Å²) in [4.78, 5) is 36.2. The molecule has 0 saturated heterocycles. The molecule has 0 aliphatic carbocycles. The number of nitrogens with one attached hydrogen (secondary N) is 1. The van der Waals surface area contributed by atoms with Gasteiger partial charge in [0, 0.05) is 12.6 Å². The maximum atomic E-state index is 12.4. The molecule has 0 aromatic carbocycles. The average molecular weight is 426 g/mol. The van der Waals surface area contributed by atoms with Gasteiger partial charge >= 0.3 is 11.9 Å². The minimum absolute atomic E-state index is 0.198. The van der Waals surface area contributed by atoms with Gasteiger partial charge in [0.25, 0.3) is 5.65 Å². The number of hydrogen-bond acceptors (Lipinski definition) is 6. The first-order chi connectivity index (χ1) is 12.6. The lowest BCUT2D eigenvalue weighted by molar-refractivity contribution is -0.145. The van der Waals surface area contributed by atoms with Gasteiger partial charge in [-0.05, 0) is 44.5 Å². The molecule has 0 aromatic heterocycles. The van der Waals surface area contributed by atoms with Gasteiger partial charge < -0.3 is 19.7 Å². The van der Waals surface area contributed by atoms with E-state index in [0.29, 0.717) is 6.54 Å². The molecule has 0 aliphatic heterocycles. The van der Waals surface area contributed by atoms with Crippen LogP contribution >= 0.6 is 18.9 Å². The Kier molecular flexibility index (Phi) is 13.3. The Morgan fingerprint density at radius 3 is 2.41 bits per heavy atom. The van der Waals surface area contributed by atoms with Crippen molar-refractivity contribution in [2.24, 2.45) is 0 Å². The number of nitrogens with zero attached hydrogens (tertiary/aromatic N) is 1. The third kappa shape index (κ3) is 15.6. The number of carbonyl (C=O) groups is 3. The lowest BCUT2D eigenvalue weighted by Gasteiger charge is -2.26. The molecule has 27 heavy (non-hydrogen) atoms. The fraction of sp³-hybridized carbons (Fsp3) is 0.706. The van der Waals surface area contributed by atoms with Crippen molar-refractivity contribution in [2.45, 2.75) is 18.9 Å². The fourth-order valence-electron chi connectivity index (χ4n) is 2.01. The smallest absolute Gasteiger partial charge is 0.330 e. The molecule has 0 aromatic rings. The number of rotatable bonds is 14. The van der Waals surface area contributed by atoms with Crippen LogP contribution in [0.4, 0.5) is 8.99 Å². The molecule has 2 atom stereocenters. The van der Waals surface area contributed by atoms with Crippen molar-refractivity contribution in [1.82, 2.24) is 10.2 Å². The molecule has 0 spiro atoms. The predicted octanol–water partition coefficient (Wildman–Crippen LogP) is 2.31. The largest absolute Gasteiger partial charge is 0.463 e. The van der Waals surface area contributed by atoms with E-state index in [1.807, 2.05) is 7.05 Å². The Morgan fingerprint density at radius 1 is 1.22 bits per heavy atom. The molecule has 2 unspecified atom stereocenters. The predicted molar refractivity (Wildman–Crippen MR) is 111 cm³/mol. The van der Waals surface area contributed by atoms with Gasteiger partial charge in [0.15, 0.2) is 8.89 Å². The maximum Gasteiger partial charge on any atom is 0.330 e. The zero-order valence-corrected chi connectivity index (χ0v) is 18.4. The van der Waals surface area contributed by atoms with Gasteiger partial charge in [-0.1, -0.05) is 6.58 Å². The van der Waals surface area contributed by atoms with E-state index in [1.165, 1.54) is 5.75 Å². The Labute approximate surface area is 164 Å². The summed E-state index contributed by atoms with van der Waals surface area (Å²) in [5.41, 5.74) is -0.841. The Bertz CT molecular complexity index is 502. The highest BCUT2D eigenvalue weighted by molar-refractivity contribution is 8.32. The minimum Gasteiger partial charge on any atom is -0.463 e. The highest BCUT2D eigenvalue weighted by Gasteiger charge is 2.17. The summed E-state index contributed by atoms with van der Waals surface area (Å²) in [5.74, 6) is 0.0734. The highest BCUT2D eigenvalue weighted by atomic mass is 32.3. The number of hydrogen-bond donors (Lipinski definition) is 1. The molecular weight excluding hydrogens is 394 g/mol. The molecule has 0 heterocycles. The molecule has 0 radical (unpaired) electrons. The molecule has 158 valence electrons. The van der Waals surface area contributed by atoms with Crippen molar-refractivity contribution in [1.29, 1.82) is 0 Å². The minimum atomic E-state index is -1.44. The molecule has 0 rings (SSSR count). The number of carbonyl (C=O) groups excluding carboxylic acids is 3. The zero-order valence-electron chi connectivity index (χ0n) is 16.6. The first-order valence-corrected chi connectivity index (χ1v) is 12.4. The molecule has 1 N–H and O–H groups in total. The van der Waals surface area contributed by atoms with Crippen LogP contribution in [0, 0.1) is 0 Å². The van der Waals surface area contributed by atoms with Crippen molar-refractivity contribution < 1.29 is 28.1 Å². The third-order valence-electron chi connectivity index (χ3n) is 3.45. The number of esters is 2. The van der Waals surface area contributed by atoms with E-state index in [1.54, 1.807) is 0 Å². The number of ether oxygens (including phenoxy) is 2. The van der Waals surface area contributed by atoms with Crippen LogP contribution in [0.3, 0.4) is 0 Å². The van der Waals surface area contributed by atoms with Gasteiger partial charge in [-0.2, -0.15) is 0 Å². The van der Waals surface area contributed by atoms with E-state index in [4.69, 9.17) is 9.47 Å². The summed E-state index contributed by atoms with van der Waals surface area (Å²) in [6.07, 6.45) is 9.08. The van der Waals surface area contributed by atoms with E-state index in [9.17, 15) is 18.6 Å². The normalized spacial score (nSPS) is 13.4. The molecule has 0 saturated carbocycles. The quantitative estimate of drug-likeness (QED) is 0.261.